The van der Waals surface area contributed by atoms with Gasteiger partial charge >= 0.3 is 5.97 Å². The SMILES string of the molecule is CCOC(=O)[C@@]1(C)N[C@@H](c2ccc(OC)c(OC)c2)[C@H]2C(=O)N(c3cccc(C(C)=O)c3)C(=O)[C@H]21. The molecule has 4 rings (SSSR count). The number of anilines is 1. The van der Waals surface area contributed by atoms with Gasteiger partial charge in [0.25, 0.3) is 0 Å². The first-order valence-corrected chi connectivity index (χ1v) is 11.3. The Morgan fingerprint density at radius 1 is 1.03 bits per heavy atom. The van der Waals surface area contributed by atoms with Crippen molar-refractivity contribution in [3.8, 4) is 11.5 Å². The van der Waals surface area contributed by atoms with E-state index in [0.29, 0.717) is 28.3 Å². The number of esters is 1. The number of nitrogens with zero attached hydrogens (tertiary/aromatic N) is 1. The molecule has 0 bridgehead atoms. The minimum Gasteiger partial charge on any atom is -0.493 e. The van der Waals surface area contributed by atoms with Gasteiger partial charge in [-0.3, -0.25) is 24.5 Å². The number of ketones is 1. The summed E-state index contributed by atoms with van der Waals surface area (Å²) in [6.45, 7) is 4.81. The third-order valence-electron chi connectivity index (χ3n) is 6.76. The van der Waals surface area contributed by atoms with Crippen LogP contribution in [0.15, 0.2) is 42.5 Å². The quantitative estimate of drug-likeness (QED) is 0.366. The predicted molar refractivity (Wildman–Crippen MR) is 126 cm³/mol. The van der Waals surface area contributed by atoms with E-state index in [-0.39, 0.29) is 12.4 Å². The van der Waals surface area contributed by atoms with Gasteiger partial charge in [-0.15, -0.1) is 0 Å². The van der Waals surface area contributed by atoms with Gasteiger partial charge < -0.3 is 14.2 Å². The fraction of sp³-hybridized carbons (Fsp3) is 0.385. The van der Waals surface area contributed by atoms with Crippen molar-refractivity contribution < 1.29 is 33.4 Å². The zero-order valence-electron chi connectivity index (χ0n) is 20.3. The average molecular weight is 481 g/mol. The highest BCUT2D eigenvalue weighted by atomic mass is 16.5. The van der Waals surface area contributed by atoms with Crippen molar-refractivity contribution in [2.75, 3.05) is 25.7 Å². The second-order valence-corrected chi connectivity index (χ2v) is 8.78. The Kier molecular flexibility index (Phi) is 6.38. The monoisotopic (exact) mass is 480 g/mol. The van der Waals surface area contributed by atoms with Crippen LogP contribution in [-0.4, -0.2) is 49.9 Å². The first kappa shape index (κ1) is 24.4. The first-order chi connectivity index (χ1) is 16.7. The lowest BCUT2D eigenvalue weighted by Crippen LogP contribution is -2.54. The number of ether oxygens (including phenoxy) is 3. The molecule has 184 valence electrons. The Bertz CT molecular complexity index is 1210. The van der Waals surface area contributed by atoms with E-state index < -0.39 is 41.2 Å². The summed E-state index contributed by atoms with van der Waals surface area (Å²) in [7, 11) is 3.02. The molecule has 9 nitrogen and oxygen atoms in total. The van der Waals surface area contributed by atoms with Gasteiger partial charge in [0.1, 0.15) is 5.54 Å². The Morgan fingerprint density at radius 2 is 1.74 bits per heavy atom. The molecule has 0 aliphatic carbocycles. The zero-order valence-corrected chi connectivity index (χ0v) is 20.3. The van der Waals surface area contributed by atoms with Gasteiger partial charge in [0.15, 0.2) is 17.3 Å². The standard InChI is InChI=1S/C26H28N2O7/c1-6-35-25(32)26(3)21-20(22(27-26)16-10-11-18(33-4)19(13-16)34-5)23(30)28(24(21)31)17-9-7-8-15(12-17)14(2)29/h7-13,20-22,27H,6H2,1-5H3/t20-,21-,22-,26-/m0/s1. The number of benzene rings is 2. The van der Waals surface area contributed by atoms with Crippen LogP contribution in [0.5, 0.6) is 11.5 Å². The first-order valence-electron chi connectivity index (χ1n) is 11.3. The normalized spacial score (nSPS) is 25.4. The number of rotatable bonds is 7. The summed E-state index contributed by atoms with van der Waals surface area (Å²) in [6, 6.07) is 10.9. The number of methoxy groups -OCH3 is 2. The number of carbonyl (C=O) groups excluding carboxylic acids is 4. The fourth-order valence-corrected chi connectivity index (χ4v) is 5.06. The molecule has 2 amide bonds. The highest BCUT2D eigenvalue weighted by molar-refractivity contribution is 6.24. The van der Waals surface area contributed by atoms with Crippen molar-refractivity contribution in [1.29, 1.82) is 0 Å². The topological polar surface area (TPSA) is 111 Å². The number of hydrogen-bond acceptors (Lipinski definition) is 8. The minimum absolute atomic E-state index is 0.126. The molecular weight excluding hydrogens is 452 g/mol. The molecular formula is C26H28N2O7. The lowest BCUT2D eigenvalue weighted by Gasteiger charge is -2.29. The Balaban J connectivity index is 1.83. The van der Waals surface area contributed by atoms with E-state index in [0.717, 1.165) is 4.90 Å². The Labute approximate surface area is 203 Å². The molecule has 2 aliphatic rings. The molecule has 0 aromatic heterocycles. The maximum absolute atomic E-state index is 13.8. The molecule has 35 heavy (non-hydrogen) atoms. The van der Waals surface area contributed by atoms with E-state index in [4.69, 9.17) is 14.2 Å². The van der Waals surface area contributed by atoms with Crippen molar-refractivity contribution in [2.24, 2.45) is 11.8 Å². The summed E-state index contributed by atoms with van der Waals surface area (Å²) >= 11 is 0. The van der Waals surface area contributed by atoms with Crippen LogP contribution >= 0.6 is 0 Å². The molecule has 2 aromatic carbocycles. The largest absolute Gasteiger partial charge is 0.493 e. The van der Waals surface area contributed by atoms with E-state index in [2.05, 4.69) is 5.32 Å². The van der Waals surface area contributed by atoms with Gasteiger partial charge in [0.05, 0.1) is 38.3 Å². The minimum atomic E-state index is -1.45. The highest BCUT2D eigenvalue weighted by Gasteiger charge is 2.67. The van der Waals surface area contributed by atoms with E-state index in [1.165, 1.54) is 27.2 Å². The third kappa shape index (κ3) is 3.85. The third-order valence-corrected chi connectivity index (χ3v) is 6.76. The molecule has 1 N–H and O–H groups in total. The van der Waals surface area contributed by atoms with Crippen LogP contribution in [0.3, 0.4) is 0 Å². The predicted octanol–water partition coefficient (Wildman–Crippen LogP) is 2.68. The maximum atomic E-state index is 13.8. The lowest BCUT2D eigenvalue weighted by molar-refractivity contribution is -0.153. The Hall–Kier alpha value is -3.72. The van der Waals surface area contributed by atoms with Gasteiger partial charge in [-0.25, -0.2) is 4.90 Å². The number of nitrogens with one attached hydrogen (secondary N) is 1. The molecule has 0 unspecified atom stereocenters. The Morgan fingerprint density at radius 3 is 2.37 bits per heavy atom. The summed E-state index contributed by atoms with van der Waals surface area (Å²) in [5, 5.41) is 3.23. The summed E-state index contributed by atoms with van der Waals surface area (Å²) < 4.78 is 16.0. The molecule has 0 radical (unpaired) electrons. The van der Waals surface area contributed by atoms with Crippen molar-refractivity contribution in [3.63, 3.8) is 0 Å². The fourth-order valence-electron chi connectivity index (χ4n) is 5.06. The van der Waals surface area contributed by atoms with Gasteiger partial charge in [0.2, 0.25) is 11.8 Å². The molecule has 2 aromatic rings. The summed E-state index contributed by atoms with van der Waals surface area (Å²) in [4.78, 5) is 53.6. The van der Waals surface area contributed by atoms with Crippen molar-refractivity contribution >= 4 is 29.3 Å². The second kappa shape index (κ2) is 9.14. The number of fused-ring (bicyclic) bond motifs is 1. The van der Waals surface area contributed by atoms with Crippen LogP contribution in [-0.2, 0) is 19.1 Å². The number of imide groups is 1. The number of carbonyl (C=O) groups is 4. The lowest BCUT2D eigenvalue weighted by atomic mass is 9.80. The molecule has 0 saturated carbocycles. The number of hydrogen-bond donors (Lipinski definition) is 1. The van der Waals surface area contributed by atoms with Gasteiger partial charge in [-0.05, 0) is 50.6 Å². The second-order valence-electron chi connectivity index (χ2n) is 8.78. The summed E-state index contributed by atoms with van der Waals surface area (Å²) in [6.07, 6.45) is 0. The molecule has 2 aliphatic heterocycles. The van der Waals surface area contributed by atoms with Crippen LogP contribution in [0, 0.1) is 11.8 Å². The van der Waals surface area contributed by atoms with E-state index in [1.54, 1.807) is 50.2 Å². The smallest absolute Gasteiger partial charge is 0.326 e. The molecule has 2 heterocycles. The van der Waals surface area contributed by atoms with E-state index in [9.17, 15) is 19.2 Å². The average Bonchev–Trinajstić information content (AvgIpc) is 3.32. The van der Waals surface area contributed by atoms with Crippen molar-refractivity contribution in [2.45, 2.75) is 32.4 Å². The van der Waals surface area contributed by atoms with Gasteiger partial charge in [-0.1, -0.05) is 18.2 Å². The number of amides is 2. The van der Waals surface area contributed by atoms with Crippen LogP contribution in [0.1, 0.15) is 42.7 Å². The van der Waals surface area contributed by atoms with Crippen LogP contribution in [0.4, 0.5) is 5.69 Å². The molecule has 2 fully saturated rings. The molecule has 2 saturated heterocycles. The maximum Gasteiger partial charge on any atom is 0.326 e. The molecule has 9 heteroatoms. The van der Waals surface area contributed by atoms with E-state index >= 15 is 0 Å². The highest BCUT2D eigenvalue weighted by Crippen LogP contribution is 2.50. The molecule has 0 spiro atoms. The molecule has 4 atom stereocenters. The van der Waals surface area contributed by atoms with Crippen molar-refractivity contribution in [3.05, 3.63) is 53.6 Å². The summed E-state index contributed by atoms with van der Waals surface area (Å²) in [5.74, 6) is -2.70. The van der Waals surface area contributed by atoms with Crippen LogP contribution in [0.25, 0.3) is 0 Å². The van der Waals surface area contributed by atoms with Crippen LogP contribution in [0.2, 0.25) is 0 Å². The van der Waals surface area contributed by atoms with E-state index in [1.807, 2.05) is 0 Å². The van der Waals surface area contributed by atoms with Crippen LogP contribution < -0.4 is 19.7 Å². The zero-order chi connectivity index (χ0) is 25.5. The number of Topliss-reactive ketones (excluding diaryl/α,β-unsaturated/α-hetero) is 1. The van der Waals surface area contributed by atoms with Crippen molar-refractivity contribution in [1.82, 2.24) is 5.32 Å². The van der Waals surface area contributed by atoms with Gasteiger partial charge in [-0.2, -0.15) is 0 Å². The summed E-state index contributed by atoms with van der Waals surface area (Å²) in [5.41, 5.74) is -0.119. The van der Waals surface area contributed by atoms with Gasteiger partial charge in [0, 0.05) is 11.6 Å².